The van der Waals surface area contributed by atoms with Crippen LogP contribution >= 0.6 is 0 Å². The summed E-state index contributed by atoms with van der Waals surface area (Å²) < 4.78 is 5.07. The zero-order valence-electron chi connectivity index (χ0n) is 15.3. The van der Waals surface area contributed by atoms with E-state index in [4.69, 9.17) is 4.74 Å². The van der Waals surface area contributed by atoms with Crippen molar-refractivity contribution in [1.29, 1.82) is 0 Å². The molecule has 134 valence electrons. The third-order valence-electron chi connectivity index (χ3n) is 4.25. The van der Waals surface area contributed by atoms with Gasteiger partial charge in [-0.05, 0) is 45.4 Å². The second kappa shape index (κ2) is 7.00. The summed E-state index contributed by atoms with van der Waals surface area (Å²) in [5.41, 5.74) is 4.16. The number of nitrogens with zero attached hydrogens (tertiary/aromatic N) is 1. The number of carbonyl (C=O) groups is 2. The summed E-state index contributed by atoms with van der Waals surface area (Å²) in [5.74, 6) is -0.753. The molecule has 6 heteroatoms. The maximum atomic E-state index is 12.8. The number of ether oxygens (including phenoxy) is 1. The second-order valence-corrected chi connectivity index (χ2v) is 6.13. The van der Waals surface area contributed by atoms with Crippen molar-refractivity contribution in [2.75, 3.05) is 11.9 Å². The number of pyridine rings is 1. The van der Waals surface area contributed by atoms with E-state index < -0.39 is 5.97 Å². The smallest absolute Gasteiger partial charge is 0.340 e. The average Bonchev–Trinajstić information content (AvgIpc) is 2.90. The normalized spacial score (nSPS) is 10.8. The number of nitrogens with one attached hydrogen (secondary N) is 2. The topological polar surface area (TPSA) is 84.1 Å². The van der Waals surface area contributed by atoms with E-state index in [1.807, 2.05) is 37.3 Å². The van der Waals surface area contributed by atoms with Gasteiger partial charge in [-0.2, -0.15) is 0 Å². The van der Waals surface area contributed by atoms with E-state index in [1.165, 1.54) is 0 Å². The standard InChI is InChI=1S/C20H21N3O3/c1-5-26-20(25)16-12(3)17(22-13(16)4)19(24)23-15-8-6-7-14-10-9-11(2)21-18(14)15/h6-10,22H,5H2,1-4H3,(H,23,24). The van der Waals surface area contributed by atoms with Crippen LogP contribution in [0.2, 0.25) is 0 Å². The van der Waals surface area contributed by atoms with Crippen LogP contribution in [0.3, 0.4) is 0 Å². The van der Waals surface area contributed by atoms with Crippen molar-refractivity contribution < 1.29 is 14.3 Å². The Morgan fingerprint density at radius 2 is 1.92 bits per heavy atom. The summed E-state index contributed by atoms with van der Waals surface area (Å²) >= 11 is 0. The molecule has 2 N–H and O–H groups in total. The van der Waals surface area contributed by atoms with E-state index in [0.717, 1.165) is 16.6 Å². The number of amides is 1. The Kier molecular flexibility index (Phi) is 4.75. The number of anilines is 1. The molecule has 0 spiro atoms. The first-order valence-corrected chi connectivity index (χ1v) is 8.46. The SMILES string of the molecule is CCOC(=O)c1c(C)[nH]c(C(=O)Nc2cccc3ccc(C)nc23)c1C. The van der Waals surface area contributed by atoms with E-state index in [0.29, 0.717) is 28.2 Å². The first-order chi connectivity index (χ1) is 12.4. The van der Waals surface area contributed by atoms with Gasteiger partial charge in [-0.25, -0.2) is 4.79 Å². The van der Waals surface area contributed by atoms with Gasteiger partial charge in [-0.15, -0.1) is 0 Å². The lowest BCUT2D eigenvalue weighted by Gasteiger charge is -2.09. The number of hydrogen-bond acceptors (Lipinski definition) is 4. The van der Waals surface area contributed by atoms with Gasteiger partial charge in [-0.1, -0.05) is 18.2 Å². The van der Waals surface area contributed by atoms with Crippen molar-refractivity contribution in [3.63, 3.8) is 0 Å². The number of para-hydroxylation sites is 1. The number of rotatable bonds is 4. The zero-order chi connectivity index (χ0) is 18.8. The molecule has 1 aromatic carbocycles. The van der Waals surface area contributed by atoms with Crippen LogP contribution in [0.1, 0.15) is 44.7 Å². The molecule has 0 radical (unpaired) electrons. The van der Waals surface area contributed by atoms with Crippen LogP contribution in [0.25, 0.3) is 10.9 Å². The Morgan fingerprint density at radius 1 is 1.15 bits per heavy atom. The molecule has 0 aliphatic rings. The largest absolute Gasteiger partial charge is 0.462 e. The van der Waals surface area contributed by atoms with Gasteiger partial charge >= 0.3 is 5.97 Å². The fourth-order valence-corrected chi connectivity index (χ4v) is 3.02. The maximum Gasteiger partial charge on any atom is 0.340 e. The highest BCUT2D eigenvalue weighted by Gasteiger charge is 2.23. The van der Waals surface area contributed by atoms with Crippen molar-refractivity contribution in [2.45, 2.75) is 27.7 Å². The molecule has 1 amide bonds. The number of fused-ring (bicyclic) bond motifs is 1. The molecular weight excluding hydrogens is 330 g/mol. The Balaban J connectivity index is 1.96. The molecule has 3 rings (SSSR count). The lowest BCUT2D eigenvalue weighted by atomic mass is 10.1. The summed E-state index contributed by atoms with van der Waals surface area (Å²) in [5, 5.41) is 3.84. The first-order valence-electron chi connectivity index (χ1n) is 8.46. The van der Waals surface area contributed by atoms with Crippen LogP contribution in [-0.2, 0) is 4.74 Å². The monoisotopic (exact) mass is 351 g/mol. The summed E-state index contributed by atoms with van der Waals surface area (Å²) in [6.45, 7) is 7.42. The number of aromatic amines is 1. The Hall–Kier alpha value is -3.15. The third-order valence-corrected chi connectivity index (χ3v) is 4.25. The van der Waals surface area contributed by atoms with Crippen molar-refractivity contribution in [3.05, 3.63) is 58.5 Å². The minimum Gasteiger partial charge on any atom is -0.462 e. The number of esters is 1. The molecule has 0 bridgehead atoms. The van der Waals surface area contributed by atoms with Gasteiger partial charge in [0.15, 0.2) is 0 Å². The van der Waals surface area contributed by atoms with Crippen LogP contribution in [-0.4, -0.2) is 28.5 Å². The van der Waals surface area contributed by atoms with Gasteiger partial charge in [0, 0.05) is 16.8 Å². The average molecular weight is 351 g/mol. The highest BCUT2D eigenvalue weighted by molar-refractivity contribution is 6.09. The second-order valence-electron chi connectivity index (χ2n) is 6.13. The molecule has 0 saturated heterocycles. The summed E-state index contributed by atoms with van der Waals surface area (Å²) in [6, 6.07) is 9.52. The van der Waals surface area contributed by atoms with Gasteiger partial charge in [0.2, 0.25) is 0 Å². The van der Waals surface area contributed by atoms with Gasteiger partial charge in [0.1, 0.15) is 5.69 Å². The quantitative estimate of drug-likeness (QED) is 0.698. The predicted molar refractivity (Wildman–Crippen MR) is 101 cm³/mol. The van der Waals surface area contributed by atoms with Gasteiger partial charge < -0.3 is 15.0 Å². The molecule has 6 nitrogen and oxygen atoms in total. The molecule has 3 aromatic rings. The molecule has 2 heterocycles. The molecule has 0 atom stereocenters. The number of benzene rings is 1. The molecule has 0 unspecified atom stereocenters. The summed E-state index contributed by atoms with van der Waals surface area (Å²) in [6.07, 6.45) is 0. The zero-order valence-corrected chi connectivity index (χ0v) is 15.3. The van der Waals surface area contributed by atoms with Crippen LogP contribution < -0.4 is 5.32 Å². The van der Waals surface area contributed by atoms with Gasteiger partial charge in [0.25, 0.3) is 5.91 Å². The van der Waals surface area contributed by atoms with Crippen molar-refractivity contribution in [3.8, 4) is 0 Å². The van der Waals surface area contributed by atoms with Crippen LogP contribution in [0.4, 0.5) is 5.69 Å². The molecular formula is C20H21N3O3. The van der Waals surface area contributed by atoms with Crippen LogP contribution in [0, 0.1) is 20.8 Å². The number of H-pyrrole nitrogens is 1. The number of carbonyl (C=O) groups excluding carboxylic acids is 2. The Bertz CT molecular complexity index is 1000. The Morgan fingerprint density at radius 3 is 2.65 bits per heavy atom. The van der Waals surface area contributed by atoms with E-state index in [9.17, 15) is 9.59 Å². The third kappa shape index (κ3) is 3.18. The van der Waals surface area contributed by atoms with Crippen LogP contribution in [0.15, 0.2) is 30.3 Å². The van der Waals surface area contributed by atoms with E-state index in [1.54, 1.807) is 20.8 Å². The minimum absolute atomic E-state index is 0.283. The van der Waals surface area contributed by atoms with Crippen molar-refractivity contribution in [1.82, 2.24) is 9.97 Å². The van der Waals surface area contributed by atoms with Gasteiger partial charge in [-0.3, -0.25) is 9.78 Å². The molecule has 0 aliphatic carbocycles. The molecule has 0 fully saturated rings. The summed E-state index contributed by atoms with van der Waals surface area (Å²) in [7, 11) is 0. The fourth-order valence-electron chi connectivity index (χ4n) is 3.02. The maximum absolute atomic E-state index is 12.8. The van der Waals surface area contributed by atoms with Crippen molar-refractivity contribution >= 4 is 28.5 Å². The van der Waals surface area contributed by atoms with Crippen molar-refractivity contribution in [2.24, 2.45) is 0 Å². The summed E-state index contributed by atoms with van der Waals surface area (Å²) in [4.78, 5) is 32.4. The highest BCUT2D eigenvalue weighted by Crippen LogP contribution is 2.24. The minimum atomic E-state index is -0.430. The molecule has 0 saturated carbocycles. The molecule has 2 aromatic heterocycles. The first kappa shape index (κ1) is 17.7. The molecule has 26 heavy (non-hydrogen) atoms. The predicted octanol–water partition coefficient (Wildman–Crippen LogP) is 3.92. The van der Waals surface area contributed by atoms with E-state index >= 15 is 0 Å². The lowest BCUT2D eigenvalue weighted by Crippen LogP contribution is -2.14. The van der Waals surface area contributed by atoms with E-state index in [-0.39, 0.29) is 12.5 Å². The molecule has 0 aliphatic heterocycles. The van der Waals surface area contributed by atoms with Gasteiger partial charge in [0.05, 0.1) is 23.4 Å². The number of aromatic nitrogens is 2. The number of aryl methyl sites for hydroxylation is 2. The highest BCUT2D eigenvalue weighted by atomic mass is 16.5. The number of hydrogen-bond donors (Lipinski definition) is 2. The van der Waals surface area contributed by atoms with Crippen LogP contribution in [0.5, 0.6) is 0 Å². The lowest BCUT2D eigenvalue weighted by molar-refractivity contribution is 0.0525. The fraction of sp³-hybridized carbons (Fsp3) is 0.250. The van der Waals surface area contributed by atoms with E-state index in [2.05, 4.69) is 15.3 Å². The Labute approximate surface area is 151 Å².